The van der Waals surface area contributed by atoms with Crippen LogP contribution < -0.4 is 0 Å². The molecule has 1 aromatic carbocycles. The second kappa shape index (κ2) is 5.38. The first-order valence-electron chi connectivity index (χ1n) is 6.60. The molecule has 0 N–H and O–H groups in total. The SMILES string of the molecule is Cc1ccc(S(=O)(=O)n2cccc2-c2ccccc2F)cn1. The highest BCUT2D eigenvalue weighted by atomic mass is 32.2. The lowest BCUT2D eigenvalue weighted by Gasteiger charge is -2.11. The topological polar surface area (TPSA) is 52.0 Å². The molecule has 3 aromatic rings. The number of aromatic nitrogens is 2. The molecule has 0 spiro atoms. The van der Waals surface area contributed by atoms with Crippen molar-refractivity contribution < 1.29 is 12.8 Å². The second-order valence-electron chi connectivity index (χ2n) is 4.81. The molecular formula is C16H13FN2O2S. The van der Waals surface area contributed by atoms with Gasteiger partial charge in [0.25, 0.3) is 10.0 Å². The van der Waals surface area contributed by atoms with Gasteiger partial charge in [-0.15, -0.1) is 0 Å². The van der Waals surface area contributed by atoms with Gasteiger partial charge in [-0.2, -0.15) is 0 Å². The Balaban J connectivity index is 2.16. The highest BCUT2D eigenvalue weighted by molar-refractivity contribution is 7.90. The van der Waals surface area contributed by atoms with Gasteiger partial charge in [-0.3, -0.25) is 4.98 Å². The molecule has 0 radical (unpaired) electrons. The van der Waals surface area contributed by atoms with E-state index in [9.17, 15) is 12.8 Å². The van der Waals surface area contributed by atoms with Gasteiger partial charge in [0.1, 0.15) is 10.7 Å². The van der Waals surface area contributed by atoms with Gasteiger partial charge >= 0.3 is 0 Å². The van der Waals surface area contributed by atoms with Crippen LogP contribution in [0.2, 0.25) is 0 Å². The molecule has 0 aliphatic carbocycles. The van der Waals surface area contributed by atoms with Crippen LogP contribution >= 0.6 is 0 Å². The molecule has 0 saturated carbocycles. The van der Waals surface area contributed by atoms with Crippen LogP contribution in [-0.4, -0.2) is 17.4 Å². The van der Waals surface area contributed by atoms with Gasteiger partial charge in [-0.1, -0.05) is 12.1 Å². The molecule has 0 bridgehead atoms. The fourth-order valence-corrected chi connectivity index (χ4v) is 3.48. The number of rotatable bonds is 3. The summed E-state index contributed by atoms with van der Waals surface area (Å²) in [6.45, 7) is 1.77. The highest BCUT2D eigenvalue weighted by Crippen LogP contribution is 2.26. The third-order valence-corrected chi connectivity index (χ3v) is 4.98. The number of hydrogen-bond acceptors (Lipinski definition) is 3. The first-order valence-corrected chi connectivity index (χ1v) is 8.04. The minimum Gasteiger partial charge on any atom is -0.260 e. The largest absolute Gasteiger partial charge is 0.269 e. The molecule has 22 heavy (non-hydrogen) atoms. The minimum atomic E-state index is -3.82. The summed E-state index contributed by atoms with van der Waals surface area (Å²) in [6.07, 6.45) is 2.70. The van der Waals surface area contributed by atoms with Crippen molar-refractivity contribution in [1.82, 2.24) is 8.96 Å². The Labute approximate surface area is 127 Å². The molecular weight excluding hydrogens is 303 g/mol. The fourth-order valence-electron chi connectivity index (χ4n) is 2.17. The van der Waals surface area contributed by atoms with Crippen molar-refractivity contribution in [2.75, 3.05) is 0 Å². The van der Waals surface area contributed by atoms with E-state index in [0.29, 0.717) is 0 Å². The van der Waals surface area contributed by atoms with Crippen molar-refractivity contribution in [3.8, 4) is 11.3 Å². The van der Waals surface area contributed by atoms with Crippen LogP contribution in [0.1, 0.15) is 5.69 Å². The lowest BCUT2D eigenvalue weighted by Crippen LogP contribution is -2.13. The molecule has 0 aliphatic rings. The zero-order valence-corrected chi connectivity index (χ0v) is 12.6. The molecule has 4 nitrogen and oxygen atoms in total. The minimum absolute atomic E-state index is 0.0619. The van der Waals surface area contributed by atoms with E-state index in [1.165, 1.54) is 24.5 Å². The quantitative estimate of drug-likeness (QED) is 0.745. The molecule has 0 atom stereocenters. The number of nitrogens with zero attached hydrogens (tertiary/aromatic N) is 2. The van der Waals surface area contributed by atoms with Crippen molar-refractivity contribution in [2.24, 2.45) is 0 Å². The van der Waals surface area contributed by atoms with E-state index < -0.39 is 15.8 Å². The Morgan fingerprint density at radius 2 is 1.82 bits per heavy atom. The van der Waals surface area contributed by atoms with Gasteiger partial charge in [0.15, 0.2) is 0 Å². The molecule has 0 saturated heterocycles. The van der Waals surface area contributed by atoms with E-state index in [0.717, 1.165) is 9.67 Å². The number of benzene rings is 1. The van der Waals surface area contributed by atoms with Gasteiger partial charge in [-0.25, -0.2) is 16.8 Å². The lowest BCUT2D eigenvalue weighted by molar-refractivity contribution is 0.587. The van der Waals surface area contributed by atoms with Gasteiger partial charge in [0.2, 0.25) is 0 Å². The average Bonchev–Trinajstić information content (AvgIpc) is 2.98. The molecule has 0 unspecified atom stereocenters. The van der Waals surface area contributed by atoms with Gasteiger partial charge in [-0.05, 0) is 43.3 Å². The van der Waals surface area contributed by atoms with Crippen LogP contribution in [0.3, 0.4) is 0 Å². The maximum absolute atomic E-state index is 14.0. The Hall–Kier alpha value is -2.47. The number of pyridine rings is 1. The Morgan fingerprint density at radius 1 is 1.05 bits per heavy atom. The number of hydrogen-bond donors (Lipinski definition) is 0. The number of halogens is 1. The third-order valence-electron chi connectivity index (χ3n) is 3.30. The molecule has 0 fully saturated rings. The van der Waals surface area contributed by atoms with Gasteiger partial charge in [0.05, 0.1) is 5.69 Å². The Morgan fingerprint density at radius 3 is 2.50 bits per heavy atom. The number of aryl methyl sites for hydroxylation is 1. The maximum Gasteiger partial charge on any atom is 0.269 e. The van der Waals surface area contributed by atoms with E-state index in [-0.39, 0.29) is 16.2 Å². The molecule has 6 heteroatoms. The zero-order chi connectivity index (χ0) is 15.7. The third kappa shape index (κ3) is 2.42. The van der Waals surface area contributed by atoms with Crippen molar-refractivity contribution in [1.29, 1.82) is 0 Å². The van der Waals surface area contributed by atoms with E-state index >= 15 is 0 Å². The Kier molecular flexibility index (Phi) is 3.54. The van der Waals surface area contributed by atoms with Crippen LogP contribution in [0.5, 0.6) is 0 Å². The second-order valence-corrected chi connectivity index (χ2v) is 6.62. The monoisotopic (exact) mass is 316 g/mol. The molecule has 0 aliphatic heterocycles. The predicted molar refractivity (Wildman–Crippen MR) is 81.4 cm³/mol. The molecule has 2 heterocycles. The smallest absolute Gasteiger partial charge is 0.260 e. The maximum atomic E-state index is 14.0. The standard InChI is InChI=1S/C16H13FN2O2S/c1-12-8-9-13(11-18-12)22(20,21)19-10-4-7-16(19)14-5-2-3-6-15(14)17/h2-11H,1H3. The summed E-state index contributed by atoms with van der Waals surface area (Å²) in [7, 11) is -3.82. The van der Waals surface area contributed by atoms with Crippen molar-refractivity contribution in [3.05, 3.63) is 72.4 Å². The normalized spacial score (nSPS) is 11.5. The van der Waals surface area contributed by atoms with Crippen LogP contribution in [0, 0.1) is 12.7 Å². The summed E-state index contributed by atoms with van der Waals surface area (Å²) >= 11 is 0. The summed E-state index contributed by atoms with van der Waals surface area (Å²) in [5.74, 6) is -0.473. The summed E-state index contributed by atoms with van der Waals surface area (Å²) < 4.78 is 40.4. The molecule has 3 rings (SSSR count). The summed E-state index contributed by atoms with van der Waals surface area (Å²) in [4.78, 5) is 4.07. The van der Waals surface area contributed by atoms with Crippen LogP contribution in [-0.2, 0) is 10.0 Å². The van der Waals surface area contributed by atoms with Gasteiger partial charge < -0.3 is 0 Å². The van der Waals surface area contributed by atoms with E-state index in [1.54, 1.807) is 43.3 Å². The summed E-state index contributed by atoms with van der Waals surface area (Å²) in [5.41, 5.74) is 1.23. The molecule has 112 valence electrons. The van der Waals surface area contributed by atoms with Crippen molar-refractivity contribution in [3.63, 3.8) is 0 Å². The van der Waals surface area contributed by atoms with E-state index in [1.807, 2.05) is 0 Å². The first-order chi connectivity index (χ1) is 10.5. The van der Waals surface area contributed by atoms with E-state index in [4.69, 9.17) is 0 Å². The van der Waals surface area contributed by atoms with Crippen LogP contribution in [0.25, 0.3) is 11.3 Å². The van der Waals surface area contributed by atoms with Crippen molar-refractivity contribution in [2.45, 2.75) is 11.8 Å². The van der Waals surface area contributed by atoms with Crippen LogP contribution in [0.4, 0.5) is 4.39 Å². The first kappa shape index (κ1) is 14.5. The lowest BCUT2D eigenvalue weighted by atomic mass is 10.1. The summed E-state index contributed by atoms with van der Waals surface area (Å²) in [5, 5.41) is 0. The average molecular weight is 316 g/mol. The predicted octanol–water partition coefficient (Wildman–Crippen LogP) is 3.23. The molecule has 2 aromatic heterocycles. The molecule has 0 amide bonds. The highest BCUT2D eigenvalue weighted by Gasteiger charge is 2.21. The zero-order valence-electron chi connectivity index (χ0n) is 11.8. The van der Waals surface area contributed by atoms with Gasteiger partial charge in [0, 0.05) is 23.7 Å². The van der Waals surface area contributed by atoms with E-state index in [2.05, 4.69) is 4.98 Å². The Bertz CT molecular complexity index is 915. The fraction of sp³-hybridized carbons (Fsp3) is 0.0625. The summed E-state index contributed by atoms with van der Waals surface area (Å²) in [6, 6.07) is 12.3. The van der Waals surface area contributed by atoms with Crippen LogP contribution in [0.15, 0.2) is 65.8 Å². The van der Waals surface area contributed by atoms with Crippen molar-refractivity contribution >= 4 is 10.0 Å².